The number of hydrogen-bond acceptors (Lipinski definition) is 7. The molecule has 1 aromatic carbocycles. The number of esters is 1. The van der Waals surface area contributed by atoms with Gasteiger partial charge in [-0.15, -0.1) is 11.8 Å². The Morgan fingerprint density at radius 1 is 1.30 bits per heavy atom. The molecule has 3 amide bonds. The minimum atomic E-state index is -1.19. The van der Waals surface area contributed by atoms with Crippen molar-refractivity contribution in [3.05, 3.63) is 35.9 Å². The number of ether oxygens (including phenoxy) is 2. The van der Waals surface area contributed by atoms with Gasteiger partial charge in [-0.2, -0.15) is 0 Å². The molecule has 2 aliphatic rings. The summed E-state index contributed by atoms with van der Waals surface area (Å²) in [5.41, 5.74) is 0.965. The highest BCUT2D eigenvalue weighted by Gasteiger charge is 2.57. The summed E-state index contributed by atoms with van der Waals surface area (Å²) in [6, 6.07) is 8.80. The van der Waals surface area contributed by atoms with E-state index in [4.69, 9.17) is 4.74 Å². The fourth-order valence-corrected chi connectivity index (χ4v) is 5.01. The van der Waals surface area contributed by atoms with Crippen molar-refractivity contribution in [1.82, 2.24) is 10.2 Å². The first-order chi connectivity index (χ1) is 12.9. The number of carbonyl (C=O) groups is 4. The fourth-order valence-electron chi connectivity index (χ4n) is 3.38. The summed E-state index contributed by atoms with van der Waals surface area (Å²) < 4.78 is 9.55. The first-order valence-electron chi connectivity index (χ1n) is 8.50. The van der Waals surface area contributed by atoms with Gasteiger partial charge in [-0.25, -0.2) is 9.59 Å². The van der Waals surface area contributed by atoms with E-state index in [-0.39, 0.29) is 5.91 Å². The summed E-state index contributed by atoms with van der Waals surface area (Å²) in [6.45, 7) is 1.36. The predicted octanol–water partition coefficient (Wildman–Crippen LogP) is 1.39. The van der Waals surface area contributed by atoms with Crippen LogP contribution in [0.4, 0.5) is 4.79 Å². The van der Waals surface area contributed by atoms with Crippen LogP contribution in [0.5, 0.6) is 0 Å². The number of carbonyl (C=O) groups excluding carboxylic acids is 4. The van der Waals surface area contributed by atoms with Gasteiger partial charge in [-0.05, 0) is 18.9 Å². The SMILES string of the molecule is COC(=O)NC(=O)[C@H](C)OC(=O)[C@@H]1CS[C@@]2(c3ccccc3)CCC(=O)N12. The van der Waals surface area contributed by atoms with Crippen molar-refractivity contribution in [1.29, 1.82) is 0 Å². The summed E-state index contributed by atoms with van der Waals surface area (Å²) in [5, 5.41) is 1.95. The molecule has 0 bridgehead atoms. The van der Waals surface area contributed by atoms with Crippen LogP contribution in [0.1, 0.15) is 25.3 Å². The molecule has 9 heteroatoms. The van der Waals surface area contributed by atoms with Gasteiger partial charge in [-0.3, -0.25) is 14.9 Å². The monoisotopic (exact) mass is 392 g/mol. The molecule has 3 rings (SSSR count). The van der Waals surface area contributed by atoms with Crippen molar-refractivity contribution in [2.75, 3.05) is 12.9 Å². The normalized spacial score (nSPS) is 24.9. The Kier molecular flexibility index (Phi) is 5.41. The van der Waals surface area contributed by atoms with E-state index in [0.717, 1.165) is 12.7 Å². The maximum Gasteiger partial charge on any atom is 0.413 e. The number of nitrogens with one attached hydrogen (secondary N) is 1. The van der Waals surface area contributed by atoms with Crippen molar-refractivity contribution in [3.63, 3.8) is 0 Å². The first-order valence-corrected chi connectivity index (χ1v) is 9.48. The average molecular weight is 392 g/mol. The molecule has 0 radical (unpaired) electrons. The van der Waals surface area contributed by atoms with Crippen LogP contribution >= 0.6 is 11.8 Å². The van der Waals surface area contributed by atoms with Gasteiger partial charge in [0.15, 0.2) is 6.10 Å². The number of benzene rings is 1. The number of nitrogens with zero attached hydrogens (tertiary/aromatic N) is 1. The third-order valence-electron chi connectivity index (χ3n) is 4.70. The molecule has 0 unspecified atom stereocenters. The Hall–Kier alpha value is -2.55. The van der Waals surface area contributed by atoms with E-state index in [0.29, 0.717) is 18.6 Å². The Bertz CT molecular complexity index is 770. The molecule has 2 fully saturated rings. The molecule has 3 atom stereocenters. The number of amides is 3. The van der Waals surface area contributed by atoms with Crippen LogP contribution in [0, 0.1) is 0 Å². The van der Waals surface area contributed by atoms with Gasteiger partial charge < -0.3 is 14.4 Å². The van der Waals surface area contributed by atoms with Gasteiger partial charge in [0.05, 0.1) is 7.11 Å². The van der Waals surface area contributed by atoms with Crippen molar-refractivity contribution in [2.24, 2.45) is 0 Å². The van der Waals surface area contributed by atoms with E-state index >= 15 is 0 Å². The van der Waals surface area contributed by atoms with Crippen LogP contribution < -0.4 is 5.32 Å². The summed E-state index contributed by atoms with van der Waals surface area (Å²) in [7, 11) is 1.12. The van der Waals surface area contributed by atoms with Gasteiger partial charge in [0.2, 0.25) is 5.91 Å². The molecule has 144 valence electrons. The molecule has 0 aromatic heterocycles. The molecule has 27 heavy (non-hydrogen) atoms. The summed E-state index contributed by atoms with van der Waals surface area (Å²) in [6.07, 6.45) is -1.16. The van der Waals surface area contributed by atoms with E-state index in [1.807, 2.05) is 35.6 Å². The lowest BCUT2D eigenvalue weighted by Gasteiger charge is -2.33. The van der Waals surface area contributed by atoms with E-state index in [1.54, 1.807) is 4.90 Å². The third-order valence-corrected chi connectivity index (χ3v) is 6.29. The highest BCUT2D eigenvalue weighted by Crippen LogP contribution is 2.54. The number of fused-ring (bicyclic) bond motifs is 1. The largest absolute Gasteiger partial charge is 0.453 e. The van der Waals surface area contributed by atoms with E-state index in [1.165, 1.54) is 18.7 Å². The molecule has 1 N–H and O–H groups in total. The fraction of sp³-hybridized carbons (Fsp3) is 0.444. The van der Waals surface area contributed by atoms with Crippen LogP contribution in [-0.4, -0.2) is 53.8 Å². The molecule has 2 saturated heterocycles. The molecule has 1 aromatic rings. The van der Waals surface area contributed by atoms with Crippen LogP contribution in [0.2, 0.25) is 0 Å². The van der Waals surface area contributed by atoms with Gasteiger partial charge in [0.1, 0.15) is 10.9 Å². The molecule has 2 aliphatic heterocycles. The lowest BCUT2D eigenvalue weighted by molar-refractivity contribution is -0.161. The van der Waals surface area contributed by atoms with Crippen LogP contribution in [0.25, 0.3) is 0 Å². The second-order valence-electron chi connectivity index (χ2n) is 6.30. The molecule has 2 heterocycles. The predicted molar refractivity (Wildman–Crippen MR) is 96.5 cm³/mol. The minimum absolute atomic E-state index is 0.113. The van der Waals surface area contributed by atoms with Crippen LogP contribution in [-0.2, 0) is 28.7 Å². The van der Waals surface area contributed by atoms with E-state index < -0.39 is 35.0 Å². The van der Waals surface area contributed by atoms with Gasteiger partial charge in [0.25, 0.3) is 5.91 Å². The van der Waals surface area contributed by atoms with Gasteiger partial charge >= 0.3 is 12.1 Å². The Morgan fingerprint density at radius 3 is 2.67 bits per heavy atom. The molecule has 0 aliphatic carbocycles. The van der Waals surface area contributed by atoms with Crippen LogP contribution in [0.3, 0.4) is 0 Å². The summed E-state index contributed by atoms with van der Waals surface area (Å²) in [4.78, 5) is 49.1. The number of hydrogen-bond donors (Lipinski definition) is 1. The van der Waals surface area contributed by atoms with Gasteiger partial charge in [-0.1, -0.05) is 30.3 Å². The number of thioether (sulfide) groups is 1. The minimum Gasteiger partial charge on any atom is -0.453 e. The van der Waals surface area contributed by atoms with E-state index in [2.05, 4.69) is 4.74 Å². The number of imide groups is 1. The highest BCUT2D eigenvalue weighted by atomic mass is 32.2. The zero-order valence-electron chi connectivity index (χ0n) is 15.0. The van der Waals surface area contributed by atoms with Crippen molar-refractivity contribution in [2.45, 2.75) is 36.8 Å². The zero-order valence-corrected chi connectivity index (χ0v) is 15.8. The summed E-state index contributed by atoms with van der Waals surface area (Å²) >= 11 is 1.53. The molecule has 8 nitrogen and oxygen atoms in total. The van der Waals surface area contributed by atoms with Crippen LogP contribution in [0.15, 0.2) is 30.3 Å². The Morgan fingerprint density at radius 2 is 2.00 bits per heavy atom. The van der Waals surface area contributed by atoms with E-state index in [9.17, 15) is 19.2 Å². The molecular formula is C18H20N2O6S. The second kappa shape index (κ2) is 7.59. The maximum absolute atomic E-state index is 12.7. The smallest absolute Gasteiger partial charge is 0.413 e. The maximum atomic E-state index is 12.7. The van der Waals surface area contributed by atoms with Crippen molar-refractivity contribution >= 4 is 35.6 Å². The number of rotatable bonds is 4. The van der Waals surface area contributed by atoms with Crippen molar-refractivity contribution < 1.29 is 28.7 Å². The second-order valence-corrected chi connectivity index (χ2v) is 7.60. The third kappa shape index (κ3) is 3.51. The van der Waals surface area contributed by atoms with Gasteiger partial charge in [0, 0.05) is 12.2 Å². The quantitative estimate of drug-likeness (QED) is 0.773. The molecular weight excluding hydrogens is 372 g/mol. The highest BCUT2D eigenvalue weighted by molar-refractivity contribution is 8.00. The average Bonchev–Trinajstić information content (AvgIpc) is 3.21. The summed E-state index contributed by atoms with van der Waals surface area (Å²) in [5.74, 6) is -1.19. The molecule has 0 spiro atoms. The molecule has 0 saturated carbocycles. The number of alkyl carbamates (subject to hydrolysis) is 1. The lowest BCUT2D eigenvalue weighted by Crippen LogP contribution is -2.48. The zero-order chi connectivity index (χ0) is 19.6. The topological polar surface area (TPSA) is 102 Å². The first kappa shape index (κ1) is 19.2. The number of methoxy groups -OCH3 is 1. The Balaban J connectivity index is 1.74. The van der Waals surface area contributed by atoms with Crippen molar-refractivity contribution in [3.8, 4) is 0 Å². The Labute approximate surface area is 160 Å². The lowest BCUT2D eigenvalue weighted by atomic mass is 10.0. The standard InChI is InChI=1S/C18H20N2O6S/c1-11(15(22)19-17(24)25-2)26-16(23)13-10-27-18(9-8-14(21)20(13)18)12-6-4-3-5-7-12/h3-7,11,13H,8-10H2,1-2H3,(H,19,22,24)/t11-,13-,18+/m0/s1.